The van der Waals surface area contributed by atoms with E-state index < -0.39 is 0 Å². The molecule has 0 bridgehead atoms. The molecule has 0 amide bonds. The first-order chi connectivity index (χ1) is 3.39. The zero-order valence-electron chi connectivity index (χ0n) is 8.26. The second-order valence-corrected chi connectivity index (χ2v) is 1.73. The van der Waals surface area contributed by atoms with Gasteiger partial charge in [0.25, 0.3) is 0 Å². The lowest BCUT2D eigenvalue weighted by atomic mass is 10.4. The molecule has 0 heterocycles. The second-order valence-electron chi connectivity index (χ2n) is 1.30. The Hall–Kier alpha value is 2.70. The summed E-state index contributed by atoms with van der Waals surface area (Å²) in [7, 11) is 0. The van der Waals surface area contributed by atoms with Gasteiger partial charge in [0.15, 0.2) is 0 Å². The van der Waals surface area contributed by atoms with Crippen LogP contribution in [-0.2, 0) is 0 Å². The number of rotatable bonds is 0. The Kier molecular flexibility index (Phi) is 285. The van der Waals surface area contributed by atoms with Crippen LogP contribution in [0.15, 0.2) is 30.3 Å². The molecule has 0 fully saturated rings. The van der Waals surface area contributed by atoms with Crippen LogP contribution in [0.4, 0.5) is 0 Å². The molecule has 0 nitrogen and oxygen atoms in total. The highest BCUT2D eigenvalue weighted by Gasteiger charge is 1.74. The summed E-state index contributed by atoms with van der Waals surface area (Å²) in [5.74, 6) is 0. The largest absolute Gasteiger partial charge is 0.147 e. The van der Waals surface area contributed by atoms with Gasteiger partial charge in [-0.2, -0.15) is 0 Å². The number of halogens is 12. The van der Waals surface area contributed by atoms with E-state index in [0.29, 0.717) is 0 Å². The average molecular weight is 514 g/mol. The fourth-order valence-electron chi connectivity index (χ4n) is 0.415. The van der Waals surface area contributed by atoms with Gasteiger partial charge in [0, 0.05) is 5.02 Å². The number of benzene rings is 1. The van der Waals surface area contributed by atoms with Crippen LogP contribution in [0.1, 0.15) is 0 Å². The number of hydrogen-bond donors (Lipinski definition) is 0. The quantitative estimate of drug-likeness (QED) is 0.351. The molecule has 1 aromatic rings. The molecule has 0 atom stereocenters. The van der Waals surface area contributed by atoms with Crippen molar-refractivity contribution in [2.45, 2.75) is 0 Å². The zero-order chi connectivity index (χ0) is 5.11. The lowest BCUT2D eigenvalue weighted by molar-refractivity contribution is 1.71. The minimum Gasteiger partial charge on any atom is -0.147 e. The van der Waals surface area contributed by atoms with Crippen LogP contribution in [-0.4, -0.2) is 0 Å². The Morgan fingerprint density at radius 2 is 0.667 bits per heavy atom. The van der Waals surface area contributed by atoms with Gasteiger partial charge in [-0.25, -0.2) is 0 Å². The molecular weight excluding hydrogens is 498 g/mol. The maximum absolute atomic E-state index is 5.54. The molecule has 0 spiro atoms. The molecule has 0 aliphatic heterocycles. The van der Waals surface area contributed by atoms with E-state index in [1.807, 2.05) is 30.3 Å². The van der Waals surface area contributed by atoms with E-state index in [2.05, 4.69) is 0 Å². The van der Waals surface area contributed by atoms with Gasteiger partial charge in [-0.15, -0.1) is 136 Å². The third-order valence-corrected chi connectivity index (χ3v) is 0.985. The van der Waals surface area contributed by atoms with Crippen LogP contribution in [0.2, 0.25) is 5.02 Å². The first-order valence-electron chi connectivity index (χ1n) is 2.10. The minimum absolute atomic E-state index is 0. The molecule has 0 N–H and O–H groups in total. The maximum Gasteiger partial charge on any atom is 0.0405 e. The molecule has 0 aliphatic carbocycles. The third-order valence-electron chi connectivity index (χ3n) is 0.733. The molecule has 1 rings (SSSR count). The average Bonchev–Trinajstić information content (AvgIpc) is 1.69. The lowest BCUT2D eigenvalue weighted by Gasteiger charge is -1.80. The van der Waals surface area contributed by atoms with Crippen molar-refractivity contribution in [2.24, 2.45) is 0 Å². The summed E-state index contributed by atoms with van der Waals surface area (Å²) in [6.45, 7) is 0. The van der Waals surface area contributed by atoms with Gasteiger partial charge in [-0.1, -0.05) is 29.8 Å². The van der Waals surface area contributed by atoms with Gasteiger partial charge in [0.1, 0.15) is 0 Å². The summed E-state index contributed by atoms with van der Waals surface area (Å²) in [6.07, 6.45) is 0. The molecule has 0 aromatic heterocycles. The van der Waals surface area contributed by atoms with Crippen molar-refractivity contribution in [1.82, 2.24) is 0 Å². The highest BCUT2D eigenvalue weighted by Crippen LogP contribution is 2.03. The monoisotopic (exact) mass is 508 g/mol. The van der Waals surface area contributed by atoms with Crippen molar-refractivity contribution < 1.29 is 0 Å². The van der Waals surface area contributed by atoms with E-state index >= 15 is 0 Å². The molecule has 18 heavy (non-hydrogen) atoms. The van der Waals surface area contributed by atoms with Crippen LogP contribution in [0.25, 0.3) is 0 Å². The van der Waals surface area contributed by atoms with Crippen LogP contribution in [0, 0.1) is 0 Å². The Morgan fingerprint density at radius 1 is 0.444 bits per heavy atom. The molecule has 12 heteroatoms. The maximum atomic E-state index is 5.54. The summed E-state index contributed by atoms with van der Waals surface area (Å²) >= 11 is 5.54. The van der Waals surface area contributed by atoms with Crippen LogP contribution in [0.3, 0.4) is 0 Å². The Morgan fingerprint density at radius 3 is 0.778 bits per heavy atom. The van der Waals surface area contributed by atoms with E-state index in [0.717, 1.165) is 5.02 Å². The van der Waals surface area contributed by atoms with E-state index in [1.165, 1.54) is 0 Å². The molecule has 0 aliphatic rings. The zero-order valence-corrected chi connectivity index (χ0v) is 18.0. The van der Waals surface area contributed by atoms with Gasteiger partial charge in [0.2, 0.25) is 0 Å². The topological polar surface area (TPSA) is 0 Å². The normalized spacial score (nSPS) is 3.39. The van der Waals surface area contributed by atoms with E-state index in [9.17, 15) is 0 Å². The summed E-state index contributed by atoms with van der Waals surface area (Å²) < 4.78 is 0. The molecule has 124 valence electrons. The standard InChI is InChI=1S/C6H5Cl.11ClH/c7-6-4-2-1-3-5-6;;;;;;;;;;;/h1-5H;11*1H. The lowest BCUT2D eigenvalue weighted by Crippen LogP contribution is -1.55. The first-order valence-corrected chi connectivity index (χ1v) is 2.48. The van der Waals surface area contributed by atoms with E-state index in [-0.39, 0.29) is 136 Å². The fourth-order valence-corrected chi connectivity index (χ4v) is 0.560. The predicted molar refractivity (Wildman–Crippen MR) is 111 cm³/mol. The van der Waals surface area contributed by atoms with Crippen molar-refractivity contribution >= 4 is 148 Å². The minimum atomic E-state index is 0. The Bertz CT molecular complexity index is 146. The number of hydrogen-bond acceptors (Lipinski definition) is 0. The van der Waals surface area contributed by atoms with E-state index in [4.69, 9.17) is 11.6 Å². The fraction of sp³-hybridized carbons (Fsp3) is 0. The van der Waals surface area contributed by atoms with Crippen LogP contribution in [0.5, 0.6) is 0 Å². The van der Waals surface area contributed by atoms with Gasteiger partial charge in [-0.05, 0) is 12.1 Å². The third kappa shape index (κ3) is 51.2. The predicted octanol–water partition coefficient (Wildman–Crippen LogP) is 6.98. The van der Waals surface area contributed by atoms with Gasteiger partial charge in [0.05, 0.1) is 0 Å². The molecular formula is C6H16Cl12. The van der Waals surface area contributed by atoms with Crippen LogP contribution < -0.4 is 0 Å². The SMILES string of the molecule is Cl.Cl.Cl.Cl.Cl.Cl.Cl.Cl.Cl.Cl.Cl.Clc1ccccc1. The summed E-state index contributed by atoms with van der Waals surface area (Å²) in [5.41, 5.74) is 0. The van der Waals surface area contributed by atoms with Crippen molar-refractivity contribution in [3.05, 3.63) is 35.4 Å². The van der Waals surface area contributed by atoms with Gasteiger partial charge >= 0.3 is 0 Å². The first kappa shape index (κ1) is 85.4. The summed E-state index contributed by atoms with van der Waals surface area (Å²) in [4.78, 5) is 0. The van der Waals surface area contributed by atoms with Crippen molar-refractivity contribution in [1.29, 1.82) is 0 Å². The Balaban J connectivity index is -0.00000000495. The highest BCUT2D eigenvalue weighted by molar-refractivity contribution is 6.30. The smallest absolute Gasteiger partial charge is 0.0405 e. The van der Waals surface area contributed by atoms with Gasteiger partial charge < -0.3 is 0 Å². The molecule has 0 saturated heterocycles. The molecule has 0 unspecified atom stereocenters. The molecule has 0 radical (unpaired) electrons. The molecule has 1 aromatic carbocycles. The summed E-state index contributed by atoms with van der Waals surface area (Å²) in [5, 5.41) is 0.794. The van der Waals surface area contributed by atoms with E-state index in [1.54, 1.807) is 0 Å². The summed E-state index contributed by atoms with van der Waals surface area (Å²) in [6, 6.07) is 9.44. The molecule has 0 saturated carbocycles. The second kappa shape index (κ2) is 60.2. The Labute approximate surface area is 181 Å². The van der Waals surface area contributed by atoms with Crippen molar-refractivity contribution in [2.75, 3.05) is 0 Å². The van der Waals surface area contributed by atoms with Gasteiger partial charge in [-0.3, -0.25) is 0 Å². The van der Waals surface area contributed by atoms with Crippen LogP contribution >= 0.6 is 148 Å². The van der Waals surface area contributed by atoms with Crippen molar-refractivity contribution in [3.63, 3.8) is 0 Å². The van der Waals surface area contributed by atoms with Crippen molar-refractivity contribution in [3.8, 4) is 0 Å². The highest BCUT2D eigenvalue weighted by atomic mass is 35.5.